The predicted octanol–water partition coefficient (Wildman–Crippen LogP) is 6.30. The van der Waals surface area contributed by atoms with Crippen LogP contribution in [0.25, 0.3) is 0 Å². The lowest BCUT2D eigenvalue weighted by Gasteiger charge is -2.62. The molecule has 1 spiro atoms. The van der Waals surface area contributed by atoms with Crippen LogP contribution in [0.3, 0.4) is 0 Å². The number of carboxylic acid groups (broad SMARTS) is 1. The molecule has 0 amide bonds. The van der Waals surface area contributed by atoms with Gasteiger partial charge in [0, 0.05) is 55.1 Å². The van der Waals surface area contributed by atoms with Gasteiger partial charge in [0.2, 0.25) is 0 Å². The Labute approximate surface area is 401 Å². The summed E-state index contributed by atoms with van der Waals surface area (Å²) in [6.07, 6.45) is 10.2. The molecule has 17 heteroatoms. The number of aromatic amines is 1. The van der Waals surface area contributed by atoms with Gasteiger partial charge in [-0.2, -0.15) is 5.10 Å². The van der Waals surface area contributed by atoms with E-state index in [1.54, 1.807) is 24.3 Å². The van der Waals surface area contributed by atoms with Crippen LogP contribution in [0.5, 0.6) is 23.0 Å². The highest BCUT2D eigenvalue weighted by Gasteiger charge is 2.73. The van der Waals surface area contributed by atoms with E-state index in [0.717, 1.165) is 85.5 Å². The van der Waals surface area contributed by atoms with Gasteiger partial charge in [0.25, 0.3) is 0 Å². The zero-order valence-electron chi connectivity index (χ0n) is 39.4. The summed E-state index contributed by atoms with van der Waals surface area (Å²) in [7, 11) is 0. The largest absolute Gasteiger partial charge is 0.493 e. The molecular weight excluding hydrogens is 881 g/mol. The van der Waals surface area contributed by atoms with Gasteiger partial charge in [-0.1, -0.05) is 30.2 Å². The average Bonchev–Trinajstić information content (AvgIpc) is 4.05. The third-order valence-electron chi connectivity index (χ3n) is 14.4. The Balaban J connectivity index is 0.667. The number of carboxylic acids is 1. The van der Waals surface area contributed by atoms with Gasteiger partial charge in [-0.3, -0.25) is 19.5 Å². The highest BCUT2D eigenvalue weighted by atomic mass is 16.6. The highest BCUT2D eigenvalue weighted by molar-refractivity contribution is 5.93. The number of hydrogen-bond acceptors (Lipinski definition) is 14. The molecule has 2 fully saturated rings. The molecule has 5 aromatic rings. The molecule has 5 N–H and O–H groups in total. The lowest BCUT2D eigenvalue weighted by Crippen LogP contribution is -2.76. The Morgan fingerprint density at radius 2 is 1.77 bits per heavy atom. The van der Waals surface area contributed by atoms with Crippen molar-refractivity contribution in [2.75, 3.05) is 44.7 Å². The molecule has 0 radical (unpaired) electrons. The topological polar surface area (TPSA) is 215 Å². The predicted molar refractivity (Wildman–Crippen MR) is 256 cm³/mol. The number of unbranched alkanes of at least 4 members (excludes halogenated alkanes) is 3. The maximum atomic E-state index is 13.5. The minimum atomic E-state index is -1.14. The minimum absolute atomic E-state index is 0.0237. The van der Waals surface area contributed by atoms with Crippen LogP contribution in [0.1, 0.15) is 106 Å². The van der Waals surface area contributed by atoms with Crippen LogP contribution in [0, 0.1) is 13.8 Å². The standard InChI is InChI=1S/C52H62N8O9/c1-4-22-59-23-19-51-46-36-13-16-44(47(46)69-48(51)43(61)17-18-52(51,65)45(59)29-36)68-50(64)35-11-14-38(15-12-35)54-31-39-32-60(58-57-39)24-21-53-20-7-5-6-8-25-66-40-27-37(49(62)63)28-41(30-40)67-26-9-10-42-33(2)55-56-34(42)3/h4,11-16,27-28,30,32,45,48,53-54,65H,1,5-10,17-26,29,31H2,2-3H3,(H,55,56)(H,62,63)/t45?,48-,51-,52+/m0/s1. The molecule has 1 saturated carbocycles. The third-order valence-corrected chi connectivity index (χ3v) is 14.4. The number of H-pyrrole nitrogens is 1. The van der Waals surface area contributed by atoms with Crippen LogP contribution in [0.4, 0.5) is 5.69 Å². The van der Waals surface area contributed by atoms with Gasteiger partial charge in [0.05, 0.1) is 60.3 Å². The molecule has 1 saturated heterocycles. The Morgan fingerprint density at radius 3 is 2.52 bits per heavy atom. The fraction of sp³-hybridized carbons (Fsp3) is 0.462. The molecule has 4 heterocycles. The molecule has 364 valence electrons. The smallest absolute Gasteiger partial charge is 0.343 e. The van der Waals surface area contributed by atoms with Crippen molar-refractivity contribution in [3.8, 4) is 23.0 Å². The maximum Gasteiger partial charge on any atom is 0.343 e. The van der Waals surface area contributed by atoms with Crippen LogP contribution in [0.15, 0.2) is 73.4 Å². The van der Waals surface area contributed by atoms with E-state index in [1.165, 1.54) is 17.7 Å². The van der Waals surface area contributed by atoms with E-state index in [0.29, 0.717) is 81.5 Å². The number of benzene rings is 3. The summed E-state index contributed by atoms with van der Waals surface area (Å²) in [5.41, 5.74) is 5.12. The van der Waals surface area contributed by atoms with Crippen molar-refractivity contribution >= 4 is 23.4 Å². The molecule has 4 aliphatic rings. The second-order valence-corrected chi connectivity index (χ2v) is 18.7. The van der Waals surface area contributed by atoms with Gasteiger partial charge in [0.1, 0.15) is 17.2 Å². The Hall–Kier alpha value is -6.56. The average molecular weight is 943 g/mol. The number of rotatable bonds is 24. The SMILES string of the molecule is C=CCN1CC[C@]23c4c5ccc(OC(=O)c6ccc(NCc7cn(CCNCCCCCCOc8cc(OCCCc9c(C)n[nH]c9C)cc(C(=O)O)c8)nn7)cc6)c4O[C@H]2C(=O)CC[C@@]3(O)C1C5. The molecule has 3 aromatic carbocycles. The van der Waals surface area contributed by atoms with Crippen molar-refractivity contribution in [1.82, 2.24) is 35.4 Å². The van der Waals surface area contributed by atoms with Crippen LogP contribution in [-0.2, 0) is 36.1 Å². The fourth-order valence-electron chi connectivity index (χ4n) is 10.9. The van der Waals surface area contributed by atoms with Gasteiger partial charge in [-0.25, -0.2) is 9.59 Å². The van der Waals surface area contributed by atoms with Crippen molar-refractivity contribution in [2.45, 2.75) is 114 Å². The summed E-state index contributed by atoms with van der Waals surface area (Å²) in [6, 6.07) is 15.4. The van der Waals surface area contributed by atoms with Crippen molar-refractivity contribution in [1.29, 1.82) is 0 Å². The van der Waals surface area contributed by atoms with Crippen LogP contribution < -0.4 is 29.6 Å². The van der Waals surface area contributed by atoms with Crippen LogP contribution >= 0.6 is 0 Å². The number of ketones is 1. The van der Waals surface area contributed by atoms with E-state index in [2.05, 4.69) is 42.6 Å². The number of nitrogens with zero attached hydrogens (tertiary/aromatic N) is 5. The zero-order chi connectivity index (χ0) is 48.1. The van der Waals surface area contributed by atoms with Gasteiger partial charge in [0.15, 0.2) is 23.4 Å². The molecule has 17 nitrogen and oxygen atoms in total. The van der Waals surface area contributed by atoms with Crippen molar-refractivity contribution in [2.24, 2.45) is 0 Å². The van der Waals surface area contributed by atoms with E-state index in [-0.39, 0.29) is 29.6 Å². The van der Waals surface area contributed by atoms with Crippen molar-refractivity contribution in [3.63, 3.8) is 0 Å². The Kier molecular flexibility index (Phi) is 14.2. The lowest BCUT2D eigenvalue weighted by atomic mass is 9.49. The van der Waals surface area contributed by atoms with E-state index >= 15 is 0 Å². The van der Waals surface area contributed by atoms with E-state index < -0.39 is 29.1 Å². The molecule has 69 heavy (non-hydrogen) atoms. The molecule has 2 aliphatic carbocycles. The van der Waals surface area contributed by atoms with Crippen molar-refractivity contribution < 1.29 is 43.5 Å². The van der Waals surface area contributed by atoms with E-state index in [9.17, 15) is 24.6 Å². The van der Waals surface area contributed by atoms with Gasteiger partial charge in [-0.05, 0) is 119 Å². The van der Waals surface area contributed by atoms with Crippen molar-refractivity contribution in [3.05, 3.63) is 118 Å². The van der Waals surface area contributed by atoms with Gasteiger partial charge >= 0.3 is 11.9 Å². The monoisotopic (exact) mass is 942 g/mol. The second kappa shape index (κ2) is 20.6. The van der Waals surface area contributed by atoms with Gasteiger partial charge < -0.3 is 39.8 Å². The number of aryl methyl sites for hydroxylation is 2. The zero-order valence-corrected chi connectivity index (χ0v) is 39.4. The number of ether oxygens (including phenoxy) is 4. The number of carbonyl (C=O) groups is 3. The summed E-state index contributed by atoms with van der Waals surface area (Å²) in [4.78, 5) is 40.9. The highest BCUT2D eigenvalue weighted by Crippen LogP contribution is 2.65. The number of aliphatic hydroxyl groups is 1. The number of esters is 1. The molecule has 2 aromatic heterocycles. The first-order valence-electron chi connectivity index (χ1n) is 24.2. The van der Waals surface area contributed by atoms with E-state index in [4.69, 9.17) is 18.9 Å². The molecular formula is C52H62N8O9. The molecule has 1 unspecified atom stereocenters. The molecule has 2 bridgehead atoms. The quantitative estimate of drug-likeness (QED) is 0.0199. The first-order valence-corrected chi connectivity index (χ1v) is 24.2. The van der Waals surface area contributed by atoms with E-state index in [1.807, 2.05) is 49.0 Å². The first kappa shape index (κ1) is 47.5. The van der Waals surface area contributed by atoms with Crippen LogP contribution in [-0.4, -0.2) is 115 Å². The number of aromatic carboxylic acids is 1. The van der Waals surface area contributed by atoms with Gasteiger partial charge in [-0.15, -0.1) is 11.7 Å². The Bertz CT molecular complexity index is 2660. The maximum absolute atomic E-state index is 13.5. The fourth-order valence-corrected chi connectivity index (χ4v) is 10.9. The molecule has 2 aliphatic heterocycles. The number of carbonyl (C=O) groups excluding carboxylic acids is 2. The normalized spacial score (nSPS) is 21.1. The molecule has 9 rings (SSSR count). The number of anilines is 1. The number of Topliss-reactive ketones (excluding diaryl/α,β-unsaturated/α-hetero) is 1. The number of hydrogen-bond donors (Lipinski definition) is 5. The number of piperidine rings is 1. The third kappa shape index (κ3) is 9.72. The summed E-state index contributed by atoms with van der Waals surface area (Å²) in [5.74, 6) is 0.0311. The molecule has 4 atom stereocenters. The lowest BCUT2D eigenvalue weighted by molar-refractivity contribution is -0.187. The number of aromatic nitrogens is 5. The number of nitrogens with one attached hydrogen (secondary N) is 3. The second-order valence-electron chi connectivity index (χ2n) is 18.7. The summed E-state index contributed by atoms with van der Waals surface area (Å²) in [5, 5.41) is 44.7. The minimum Gasteiger partial charge on any atom is -0.493 e. The summed E-state index contributed by atoms with van der Waals surface area (Å²) >= 11 is 0. The Morgan fingerprint density at radius 1 is 0.986 bits per heavy atom. The summed E-state index contributed by atoms with van der Waals surface area (Å²) in [6.45, 7) is 13.0. The first-order chi connectivity index (χ1) is 33.5. The van der Waals surface area contributed by atoms with Crippen LogP contribution in [0.2, 0.25) is 0 Å². The summed E-state index contributed by atoms with van der Waals surface area (Å²) < 4.78 is 26.0. The number of likely N-dealkylation sites (tertiary alicyclic amines) is 1.